The first-order valence-corrected chi connectivity index (χ1v) is 11.1. The SMILES string of the molecule is [C-]#[N+]c1ccc2c(n1)c(N1C[C@@H](C)N(C(CC)c3ccc(F)cc3F)C[C@@H]1C)cc(=O)n2C. The molecule has 1 fully saturated rings. The van der Waals surface area contributed by atoms with Crippen molar-refractivity contribution in [2.24, 2.45) is 7.05 Å². The lowest BCUT2D eigenvalue weighted by Gasteiger charge is -2.48. The molecule has 0 N–H and O–H groups in total. The van der Waals surface area contributed by atoms with Crippen LogP contribution in [-0.2, 0) is 7.05 Å². The fourth-order valence-corrected chi connectivity index (χ4v) is 4.91. The number of halogens is 2. The summed E-state index contributed by atoms with van der Waals surface area (Å²) in [7, 11) is 1.70. The van der Waals surface area contributed by atoms with Gasteiger partial charge in [-0.1, -0.05) is 19.6 Å². The number of nitrogens with zero attached hydrogens (tertiary/aromatic N) is 5. The van der Waals surface area contributed by atoms with Crippen molar-refractivity contribution in [1.82, 2.24) is 14.5 Å². The van der Waals surface area contributed by atoms with Gasteiger partial charge in [0.15, 0.2) is 0 Å². The quantitative estimate of drug-likeness (QED) is 0.534. The van der Waals surface area contributed by atoms with E-state index in [0.29, 0.717) is 41.8 Å². The van der Waals surface area contributed by atoms with E-state index in [2.05, 4.69) is 33.5 Å². The fourth-order valence-electron chi connectivity index (χ4n) is 4.91. The third-order valence-corrected chi connectivity index (χ3v) is 6.62. The van der Waals surface area contributed by atoms with Crippen LogP contribution in [0, 0.1) is 18.2 Å². The van der Waals surface area contributed by atoms with Crippen LogP contribution < -0.4 is 10.5 Å². The van der Waals surface area contributed by atoms with Crippen LogP contribution in [0.5, 0.6) is 0 Å². The summed E-state index contributed by atoms with van der Waals surface area (Å²) in [6, 6.07) is 8.60. The molecule has 1 unspecified atom stereocenters. The Morgan fingerprint density at radius 2 is 1.91 bits per heavy atom. The lowest BCUT2D eigenvalue weighted by molar-refractivity contribution is 0.105. The molecule has 172 valence electrons. The van der Waals surface area contributed by atoms with Gasteiger partial charge in [0.05, 0.1) is 11.2 Å². The lowest BCUT2D eigenvalue weighted by Crippen LogP contribution is -2.57. The molecular weight excluding hydrogens is 424 g/mol. The highest BCUT2D eigenvalue weighted by molar-refractivity contribution is 5.89. The Kier molecular flexibility index (Phi) is 6.17. The number of piperazine rings is 1. The number of hydrogen-bond donors (Lipinski definition) is 0. The minimum Gasteiger partial charge on any atom is -0.362 e. The average Bonchev–Trinajstić information content (AvgIpc) is 2.79. The summed E-state index contributed by atoms with van der Waals surface area (Å²) in [6.45, 7) is 14.7. The first-order chi connectivity index (χ1) is 15.7. The van der Waals surface area contributed by atoms with E-state index in [1.165, 1.54) is 16.7 Å². The van der Waals surface area contributed by atoms with Crippen LogP contribution in [0.3, 0.4) is 0 Å². The molecule has 0 bridgehead atoms. The van der Waals surface area contributed by atoms with Crippen molar-refractivity contribution >= 4 is 22.5 Å². The maximum absolute atomic E-state index is 14.6. The van der Waals surface area contributed by atoms with Crippen LogP contribution in [0.4, 0.5) is 20.3 Å². The molecule has 0 radical (unpaired) electrons. The van der Waals surface area contributed by atoms with E-state index < -0.39 is 11.6 Å². The second-order valence-corrected chi connectivity index (χ2v) is 8.71. The Bertz CT molecular complexity index is 1300. The molecular formula is C25H27F2N5O. The van der Waals surface area contributed by atoms with Crippen LogP contribution >= 0.6 is 0 Å². The molecule has 1 aromatic carbocycles. The maximum Gasteiger partial charge on any atom is 0.270 e. The number of aromatic nitrogens is 2. The van der Waals surface area contributed by atoms with Gasteiger partial charge in [0.2, 0.25) is 5.52 Å². The van der Waals surface area contributed by atoms with Gasteiger partial charge >= 0.3 is 0 Å². The summed E-state index contributed by atoms with van der Waals surface area (Å²) < 4.78 is 29.6. The second-order valence-electron chi connectivity index (χ2n) is 8.71. The van der Waals surface area contributed by atoms with Crippen molar-refractivity contribution in [3.05, 3.63) is 75.4 Å². The molecule has 1 aliphatic rings. The van der Waals surface area contributed by atoms with Crippen LogP contribution in [-0.4, -0.2) is 39.6 Å². The number of benzene rings is 1. The maximum atomic E-state index is 14.6. The first-order valence-electron chi connectivity index (χ1n) is 11.1. The normalized spacial score (nSPS) is 20.1. The van der Waals surface area contributed by atoms with Crippen molar-refractivity contribution in [1.29, 1.82) is 0 Å². The molecule has 3 atom stereocenters. The molecule has 0 amide bonds. The summed E-state index contributed by atoms with van der Waals surface area (Å²) >= 11 is 0. The van der Waals surface area contributed by atoms with Crippen molar-refractivity contribution in [3.63, 3.8) is 0 Å². The predicted octanol–water partition coefficient (Wildman–Crippen LogP) is 4.81. The number of hydrogen-bond acceptors (Lipinski definition) is 4. The van der Waals surface area contributed by atoms with Gasteiger partial charge in [-0.05, 0) is 38.5 Å². The number of pyridine rings is 2. The van der Waals surface area contributed by atoms with Crippen molar-refractivity contribution in [3.8, 4) is 0 Å². The Morgan fingerprint density at radius 3 is 2.58 bits per heavy atom. The Balaban J connectivity index is 1.72. The highest BCUT2D eigenvalue weighted by Gasteiger charge is 2.35. The topological polar surface area (TPSA) is 45.7 Å². The zero-order valence-corrected chi connectivity index (χ0v) is 19.2. The molecule has 2 aromatic heterocycles. The molecule has 3 aromatic rings. The Labute approximate surface area is 191 Å². The van der Waals surface area contributed by atoms with Crippen molar-refractivity contribution < 1.29 is 8.78 Å². The van der Waals surface area contributed by atoms with Crippen molar-refractivity contribution in [2.45, 2.75) is 45.3 Å². The summed E-state index contributed by atoms with van der Waals surface area (Å²) in [5.74, 6) is -0.835. The summed E-state index contributed by atoms with van der Waals surface area (Å²) in [4.78, 5) is 25.0. The number of aryl methyl sites for hydroxylation is 1. The Morgan fingerprint density at radius 1 is 1.15 bits per heavy atom. The van der Waals surface area contributed by atoms with Crippen LogP contribution in [0.1, 0.15) is 38.8 Å². The largest absolute Gasteiger partial charge is 0.362 e. The molecule has 8 heteroatoms. The number of rotatable bonds is 4. The van der Waals surface area contributed by atoms with E-state index in [0.717, 1.165) is 6.07 Å². The molecule has 4 rings (SSSR count). The number of fused-ring (bicyclic) bond motifs is 1. The summed E-state index contributed by atoms with van der Waals surface area (Å²) in [5.41, 5.74) is 2.35. The number of anilines is 1. The molecule has 1 saturated heterocycles. The monoisotopic (exact) mass is 451 g/mol. The van der Waals surface area contributed by atoms with Gasteiger partial charge < -0.3 is 14.3 Å². The predicted molar refractivity (Wildman–Crippen MR) is 126 cm³/mol. The van der Waals surface area contributed by atoms with Gasteiger partial charge in [0, 0.05) is 56.0 Å². The summed E-state index contributed by atoms with van der Waals surface area (Å²) in [5, 5.41) is 0. The lowest BCUT2D eigenvalue weighted by atomic mass is 9.97. The molecule has 6 nitrogen and oxygen atoms in total. The smallest absolute Gasteiger partial charge is 0.270 e. The zero-order chi connectivity index (χ0) is 23.9. The van der Waals surface area contributed by atoms with Crippen molar-refractivity contribution in [2.75, 3.05) is 18.0 Å². The zero-order valence-electron chi connectivity index (χ0n) is 19.2. The summed E-state index contributed by atoms with van der Waals surface area (Å²) in [6.07, 6.45) is 0.685. The third-order valence-electron chi connectivity index (χ3n) is 6.62. The molecule has 0 spiro atoms. The minimum atomic E-state index is -0.582. The highest BCUT2D eigenvalue weighted by Crippen LogP contribution is 2.35. The van der Waals surface area contributed by atoms with Gasteiger partial charge in [0.1, 0.15) is 11.6 Å². The standard InChI is InChI=1S/C25H27F2N5O/c1-6-20(18-8-7-17(26)11-19(18)27)31-13-16(3)32(14-15(31)2)22-12-24(33)30(5)21-9-10-23(28-4)29-25(21)22/h7-12,15-16,20H,6,13-14H2,1-3,5H3/t15-,16+,20?/m1/s1. The van der Waals surface area contributed by atoms with Gasteiger partial charge in [-0.15, -0.1) is 4.98 Å². The van der Waals surface area contributed by atoms with E-state index >= 15 is 0 Å². The van der Waals surface area contributed by atoms with Crippen LogP contribution in [0.25, 0.3) is 15.9 Å². The molecule has 1 aliphatic heterocycles. The second kappa shape index (κ2) is 8.91. The molecule has 0 saturated carbocycles. The Hall–Kier alpha value is -3.31. The molecule has 33 heavy (non-hydrogen) atoms. The minimum absolute atomic E-state index is 0.00691. The first kappa shape index (κ1) is 22.9. The van der Waals surface area contributed by atoms with Crippen LogP contribution in [0.2, 0.25) is 0 Å². The molecule has 3 heterocycles. The van der Waals surface area contributed by atoms with Gasteiger partial charge in [-0.25, -0.2) is 8.78 Å². The van der Waals surface area contributed by atoms with E-state index in [1.807, 2.05) is 6.92 Å². The highest BCUT2D eigenvalue weighted by atomic mass is 19.1. The van der Waals surface area contributed by atoms with E-state index in [-0.39, 0.29) is 29.5 Å². The van der Waals surface area contributed by atoms with E-state index in [4.69, 9.17) is 6.57 Å². The molecule has 0 aliphatic carbocycles. The van der Waals surface area contributed by atoms with E-state index in [1.54, 1.807) is 25.2 Å². The fraction of sp³-hybridized carbons (Fsp3) is 0.400. The average molecular weight is 452 g/mol. The van der Waals surface area contributed by atoms with E-state index in [9.17, 15) is 13.6 Å². The van der Waals surface area contributed by atoms with Crippen LogP contribution in [0.15, 0.2) is 41.2 Å². The van der Waals surface area contributed by atoms with Gasteiger partial charge in [0.25, 0.3) is 11.4 Å². The van der Waals surface area contributed by atoms with Gasteiger partial charge in [-0.2, -0.15) is 0 Å². The van der Waals surface area contributed by atoms with Gasteiger partial charge in [-0.3, -0.25) is 9.69 Å². The third kappa shape index (κ3) is 4.09.